The van der Waals surface area contributed by atoms with Crippen LogP contribution >= 0.6 is 0 Å². The van der Waals surface area contributed by atoms with Crippen molar-refractivity contribution in [2.75, 3.05) is 30.4 Å². The summed E-state index contributed by atoms with van der Waals surface area (Å²) in [6, 6.07) is 5.94. The van der Waals surface area contributed by atoms with Crippen LogP contribution in [-0.4, -0.2) is 37.7 Å². The molecule has 3 rings (SSSR count). The number of carbonyl (C=O) groups is 1. The molecule has 0 radical (unpaired) electrons. The maximum atomic E-state index is 12.4. The lowest BCUT2D eigenvalue weighted by Crippen LogP contribution is -2.54. The Bertz CT molecular complexity index is 514. The Morgan fingerprint density at radius 1 is 1.45 bits per heavy atom. The van der Waals surface area contributed by atoms with Gasteiger partial charge in [0.1, 0.15) is 6.04 Å². The fraction of sp³-hybridized carbons (Fsp3) is 0.533. The summed E-state index contributed by atoms with van der Waals surface area (Å²) >= 11 is 0. The van der Waals surface area contributed by atoms with E-state index in [1.807, 2.05) is 25.1 Å². The SMILES string of the molecule is Cc1ccc(N)cc1N1CCOCC1C(=O)NC1CC1. The van der Waals surface area contributed by atoms with Crippen molar-refractivity contribution in [3.63, 3.8) is 0 Å². The van der Waals surface area contributed by atoms with Gasteiger partial charge < -0.3 is 20.7 Å². The van der Waals surface area contributed by atoms with E-state index in [1.165, 1.54) is 0 Å². The molecular weight excluding hydrogens is 254 g/mol. The number of nitrogens with one attached hydrogen (secondary N) is 1. The number of benzene rings is 1. The van der Waals surface area contributed by atoms with E-state index in [2.05, 4.69) is 10.2 Å². The highest BCUT2D eigenvalue weighted by atomic mass is 16.5. The lowest BCUT2D eigenvalue weighted by Gasteiger charge is -2.37. The summed E-state index contributed by atoms with van der Waals surface area (Å²) in [6.07, 6.45) is 2.19. The molecule has 5 heteroatoms. The molecule has 1 saturated carbocycles. The first-order valence-electron chi connectivity index (χ1n) is 7.16. The molecule has 5 nitrogen and oxygen atoms in total. The van der Waals surface area contributed by atoms with Crippen molar-refractivity contribution in [1.82, 2.24) is 5.32 Å². The Balaban J connectivity index is 1.83. The molecule has 1 aromatic rings. The van der Waals surface area contributed by atoms with Crippen molar-refractivity contribution in [2.24, 2.45) is 0 Å². The average molecular weight is 275 g/mol. The van der Waals surface area contributed by atoms with E-state index < -0.39 is 0 Å². The second-order valence-electron chi connectivity index (χ2n) is 5.61. The van der Waals surface area contributed by atoms with Gasteiger partial charge in [0.05, 0.1) is 13.2 Å². The molecule has 0 spiro atoms. The fourth-order valence-electron chi connectivity index (χ4n) is 2.57. The minimum absolute atomic E-state index is 0.0639. The molecule has 1 aliphatic carbocycles. The van der Waals surface area contributed by atoms with Gasteiger partial charge in [0, 0.05) is 24.0 Å². The zero-order chi connectivity index (χ0) is 14.1. The highest BCUT2D eigenvalue weighted by Crippen LogP contribution is 2.27. The minimum atomic E-state index is -0.259. The van der Waals surface area contributed by atoms with Crippen LogP contribution in [0.5, 0.6) is 0 Å². The van der Waals surface area contributed by atoms with Crippen molar-refractivity contribution < 1.29 is 9.53 Å². The third-order valence-electron chi connectivity index (χ3n) is 3.90. The number of nitrogens with zero attached hydrogens (tertiary/aromatic N) is 1. The van der Waals surface area contributed by atoms with Crippen LogP contribution in [0.25, 0.3) is 0 Å². The molecule has 1 aliphatic heterocycles. The standard InChI is InChI=1S/C15H21N3O2/c1-10-2-3-11(16)8-13(10)18-6-7-20-9-14(18)15(19)17-12-4-5-12/h2-3,8,12,14H,4-7,9,16H2,1H3,(H,17,19). The van der Waals surface area contributed by atoms with Crippen LogP contribution < -0.4 is 16.0 Å². The van der Waals surface area contributed by atoms with Crippen LogP contribution in [0.1, 0.15) is 18.4 Å². The third-order valence-corrected chi connectivity index (χ3v) is 3.90. The Morgan fingerprint density at radius 3 is 3.00 bits per heavy atom. The van der Waals surface area contributed by atoms with Crippen molar-refractivity contribution in [2.45, 2.75) is 31.8 Å². The maximum Gasteiger partial charge on any atom is 0.245 e. The first-order valence-corrected chi connectivity index (χ1v) is 7.16. The number of aryl methyl sites for hydroxylation is 1. The van der Waals surface area contributed by atoms with Gasteiger partial charge in [-0.15, -0.1) is 0 Å². The van der Waals surface area contributed by atoms with Gasteiger partial charge in [-0.2, -0.15) is 0 Å². The maximum absolute atomic E-state index is 12.4. The van der Waals surface area contributed by atoms with Crippen molar-refractivity contribution in [3.05, 3.63) is 23.8 Å². The highest BCUT2D eigenvalue weighted by molar-refractivity contribution is 5.86. The number of hydrogen-bond acceptors (Lipinski definition) is 4. The third kappa shape index (κ3) is 2.72. The minimum Gasteiger partial charge on any atom is -0.399 e. The van der Waals surface area contributed by atoms with E-state index in [4.69, 9.17) is 10.5 Å². The highest BCUT2D eigenvalue weighted by Gasteiger charge is 2.33. The summed E-state index contributed by atoms with van der Waals surface area (Å²) in [4.78, 5) is 14.5. The second-order valence-corrected chi connectivity index (χ2v) is 5.61. The van der Waals surface area contributed by atoms with Gasteiger partial charge >= 0.3 is 0 Å². The van der Waals surface area contributed by atoms with Crippen molar-refractivity contribution in [3.8, 4) is 0 Å². The largest absolute Gasteiger partial charge is 0.399 e. The van der Waals surface area contributed by atoms with Gasteiger partial charge in [-0.25, -0.2) is 0 Å². The number of rotatable bonds is 3. The fourth-order valence-corrected chi connectivity index (χ4v) is 2.57. The Labute approximate surface area is 119 Å². The topological polar surface area (TPSA) is 67.6 Å². The summed E-state index contributed by atoms with van der Waals surface area (Å²) in [5.74, 6) is 0.0639. The van der Waals surface area contributed by atoms with Crippen LogP contribution in [-0.2, 0) is 9.53 Å². The summed E-state index contributed by atoms with van der Waals surface area (Å²) in [6.45, 7) is 3.83. The molecule has 1 heterocycles. The predicted octanol–water partition coefficient (Wildman–Crippen LogP) is 1.06. The van der Waals surface area contributed by atoms with Crippen LogP contribution in [0, 0.1) is 6.92 Å². The van der Waals surface area contributed by atoms with Crippen molar-refractivity contribution in [1.29, 1.82) is 0 Å². The molecule has 3 N–H and O–H groups in total. The van der Waals surface area contributed by atoms with Gasteiger partial charge in [0.15, 0.2) is 0 Å². The summed E-state index contributed by atoms with van der Waals surface area (Å²) < 4.78 is 5.49. The van der Waals surface area contributed by atoms with Crippen LogP contribution in [0.2, 0.25) is 0 Å². The van der Waals surface area contributed by atoms with Gasteiger partial charge in [0.2, 0.25) is 5.91 Å². The van der Waals surface area contributed by atoms with E-state index >= 15 is 0 Å². The van der Waals surface area contributed by atoms with Gasteiger partial charge in [-0.1, -0.05) is 6.07 Å². The molecule has 0 bridgehead atoms. The van der Waals surface area contributed by atoms with E-state index in [1.54, 1.807) is 0 Å². The number of nitrogens with two attached hydrogens (primary N) is 1. The summed E-state index contributed by atoms with van der Waals surface area (Å²) in [5.41, 5.74) is 8.77. The molecular formula is C15H21N3O2. The molecule has 1 atom stereocenters. The number of hydrogen-bond donors (Lipinski definition) is 2. The second kappa shape index (κ2) is 5.32. The molecule has 2 aliphatic rings. The lowest BCUT2D eigenvalue weighted by atomic mass is 10.1. The number of morpholine rings is 1. The zero-order valence-electron chi connectivity index (χ0n) is 11.8. The molecule has 1 saturated heterocycles. The van der Waals surface area contributed by atoms with Gasteiger partial charge in [-0.05, 0) is 37.5 Å². The van der Waals surface area contributed by atoms with Crippen LogP contribution in [0.3, 0.4) is 0 Å². The van der Waals surface area contributed by atoms with E-state index in [9.17, 15) is 4.79 Å². The van der Waals surface area contributed by atoms with Gasteiger partial charge in [-0.3, -0.25) is 4.79 Å². The average Bonchev–Trinajstić information content (AvgIpc) is 3.25. The van der Waals surface area contributed by atoms with E-state index in [0.717, 1.165) is 29.8 Å². The first kappa shape index (κ1) is 13.2. The number of ether oxygens (including phenoxy) is 1. The normalized spacial score (nSPS) is 22.6. The smallest absolute Gasteiger partial charge is 0.245 e. The Morgan fingerprint density at radius 2 is 2.25 bits per heavy atom. The zero-order valence-corrected chi connectivity index (χ0v) is 11.8. The predicted molar refractivity (Wildman–Crippen MR) is 78.7 cm³/mol. The monoisotopic (exact) mass is 275 g/mol. The molecule has 0 aromatic heterocycles. The first-order chi connectivity index (χ1) is 9.65. The van der Waals surface area contributed by atoms with E-state index in [-0.39, 0.29) is 11.9 Å². The van der Waals surface area contributed by atoms with Crippen LogP contribution in [0.4, 0.5) is 11.4 Å². The van der Waals surface area contributed by atoms with Gasteiger partial charge in [0.25, 0.3) is 0 Å². The quantitative estimate of drug-likeness (QED) is 0.810. The number of anilines is 2. The molecule has 1 amide bonds. The molecule has 1 aromatic carbocycles. The van der Waals surface area contributed by atoms with Crippen LogP contribution in [0.15, 0.2) is 18.2 Å². The summed E-state index contributed by atoms with van der Waals surface area (Å²) in [5, 5.41) is 3.07. The Kier molecular flexibility index (Phi) is 3.53. The Hall–Kier alpha value is -1.75. The molecule has 20 heavy (non-hydrogen) atoms. The number of amides is 1. The molecule has 2 fully saturated rings. The lowest BCUT2D eigenvalue weighted by molar-refractivity contribution is -0.124. The van der Waals surface area contributed by atoms with Crippen molar-refractivity contribution >= 4 is 17.3 Å². The number of carbonyl (C=O) groups excluding carboxylic acids is 1. The molecule has 108 valence electrons. The molecule has 1 unspecified atom stereocenters. The number of nitrogen functional groups attached to an aromatic ring is 1. The summed E-state index contributed by atoms with van der Waals surface area (Å²) in [7, 11) is 0. The van der Waals surface area contributed by atoms with E-state index in [0.29, 0.717) is 25.8 Å².